The van der Waals surface area contributed by atoms with E-state index >= 15 is 9.18 Å². The van der Waals surface area contributed by atoms with Crippen LogP contribution in [0, 0.1) is 5.82 Å². The summed E-state index contributed by atoms with van der Waals surface area (Å²) in [7, 11) is -0.502. The number of anilines is 1. The molecule has 0 aliphatic carbocycles. The number of aryl methyl sites for hydroxylation is 1. The lowest BCUT2D eigenvalue weighted by Crippen LogP contribution is -2.59. The number of para-hydroxylation sites is 1. The van der Waals surface area contributed by atoms with E-state index in [1.54, 1.807) is 29.3 Å². The van der Waals surface area contributed by atoms with Crippen LogP contribution in [-0.2, 0) is 26.9 Å². The highest BCUT2D eigenvalue weighted by molar-refractivity contribution is 6.74. The molecule has 2 atom stereocenters. The molecule has 2 aromatic carbocycles. The largest absolute Gasteiger partial charge is 0.484 e. The van der Waals surface area contributed by atoms with Crippen molar-refractivity contribution in [2.45, 2.75) is 130 Å². The van der Waals surface area contributed by atoms with Gasteiger partial charge in [0.2, 0.25) is 0 Å². The molecule has 65 heavy (non-hydrogen) atoms. The number of aromatic nitrogens is 4. The number of fused-ring (bicyclic) bond motifs is 1. The molecule has 15 heteroatoms. The average molecular weight is 911 g/mol. The maximum absolute atomic E-state index is 17.3. The molecule has 0 bridgehead atoms. The summed E-state index contributed by atoms with van der Waals surface area (Å²) in [6.45, 7) is 25.8. The molecule has 0 N–H and O–H groups in total. The van der Waals surface area contributed by atoms with E-state index < -0.39 is 31.5 Å². The molecule has 1 amide bonds. The van der Waals surface area contributed by atoms with Crippen molar-refractivity contribution >= 4 is 31.3 Å². The van der Waals surface area contributed by atoms with E-state index in [4.69, 9.17) is 38.3 Å². The van der Waals surface area contributed by atoms with Gasteiger partial charge in [-0.3, -0.25) is 4.98 Å². The molecular weight excluding hydrogens is 844 g/mol. The third kappa shape index (κ3) is 11.2. The molecule has 1 fully saturated rings. The van der Waals surface area contributed by atoms with E-state index in [9.17, 15) is 4.79 Å². The smallest absolute Gasteiger partial charge is 0.410 e. The second-order valence-electron chi connectivity index (χ2n) is 19.8. The summed E-state index contributed by atoms with van der Waals surface area (Å²) in [6.07, 6.45) is 2.61. The summed E-state index contributed by atoms with van der Waals surface area (Å²) in [5.41, 5.74) is 2.17. The molecule has 6 rings (SSSR count). The number of rotatable bonds is 15. The van der Waals surface area contributed by atoms with Gasteiger partial charge in [-0.1, -0.05) is 71.0 Å². The third-order valence-corrected chi connectivity index (χ3v) is 16.7. The highest BCUT2D eigenvalue weighted by Gasteiger charge is 2.38. The molecule has 3 aromatic heterocycles. The van der Waals surface area contributed by atoms with Gasteiger partial charge < -0.3 is 33.2 Å². The Morgan fingerprint density at radius 1 is 0.938 bits per heavy atom. The fourth-order valence-electron chi connectivity index (χ4n) is 7.73. The summed E-state index contributed by atoms with van der Waals surface area (Å²) >= 11 is 0. The molecule has 0 saturated carbocycles. The Labute approximate surface area is 384 Å². The fraction of sp³-hybridized carbons (Fsp3) is 0.500. The van der Waals surface area contributed by atoms with Crippen LogP contribution in [0.4, 0.5) is 15.0 Å². The molecule has 0 unspecified atom stereocenters. The van der Waals surface area contributed by atoms with Crippen molar-refractivity contribution in [2.75, 3.05) is 38.5 Å². The molecule has 0 spiro atoms. The van der Waals surface area contributed by atoms with E-state index in [1.807, 2.05) is 89.8 Å². The number of methoxy groups -OCH3 is 1. The Kier molecular flexibility index (Phi) is 15.1. The Morgan fingerprint density at radius 2 is 1.66 bits per heavy atom. The first-order valence-corrected chi connectivity index (χ1v) is 25.5. The Bertz CT molecular complexity index is 2520. The van der Waals surface area contributed by atoms with Gasteiger partial charge in [0.05, 0.1) is 16.8 Å². The second-order valence-corrected chi connectivity index (χ2v) is 24.6. The zero-order chi connectivity index (χ0) is 47.4. The quantitative estimate of drug-likeness (QED) is 0.0565. The number of amides is 1. The first kappa shape index (κ1) is 49.1. The maximum Gasteiger partial charge on any atom is 0.410 e. The predicted molar refractivity (Wildman–Crippen MR) is 256 cm³/mol. The van der Waals surface area contributed by atoms with Gasteiger partial charge in [-0.25, -0.2) is 23.5 Å². The molecule has 0 radical (unpaired) electrons. The van der Waals surface area contributed by atoms with Crippen LogP contribution in [0.15, 0.2) is 71.7 Å². The Hall–Kier alpha value is -5.38. The highest BCUT2D eigenvalue weighted by atomic mass is 28.4. The maximum atomic E-state index is 17.3. The lowest BCUT2D eigenvalue weighted by atomic mass is 10.0. The predicted octanol–water partition coefficient (Wildman–Crippen LogP) is 10.5. The first-order valence-electron chi connectivity index (χ1n) is 22.5. The molecule has 13 nitrogen and oxygen atoms in total. The minimum Gasteiger partial charge on any atom is -0.484 e. The molecule has 5 aromatic rings. The van der Waals surface area contributed by atoms with Gasteiger partial charge in [-0.2, -0.15) is 4.98 Å². The average Bonchev–Trinajstić information content (AvgIpc) is 3.23. The number of halogens is 1. The fourth-order valence-corrected chi connectivity index (χ4v) is 8.82. The molecular formula is C50H67FN6O7Si. The zero-order valence-electron chi connectivity index (χ0n) is 40.5. The van der Waals surface area contributed by atoms with E-state index in [1.165, 1.54) is 17.7 Å². The Morgan fingerprint density at radius 3 is 2.32 bits per heavy atom. The molecule has 1 saturated heterocycles. The minimum atomic E-state index is -2.02. The molecule has 350 valence electrons. The van der Waals surface area contributed by atoms with E-state index in [0.29, 0.717) is 54.1 Å². The van der Waals surface area contributed by atoms with Crippen LogP contribution in [0.25, 0.3) is 28.0 Å². The van der Waals surface area contributed by atoms with Crippen LogP contribution < -0.4 is 20.1 Å². The van der Waals surface area contributed by atoms with Crippen molar-refractivity contribution in [1.29, 1.82) is 0 Å². The summed E-state index contributed by atoms with van der Waals surface area (Å²) < 4.78 is 48.8. The SMILES string of the molecule is COCOc1cccc(-c2nc3c(cc2F)c(N2C[C@@H](C)N(C(=O)OC(C)(C)C)C[C@@H]2C)nc(=O)n3-c2c(CCCO[Si](C)(C)C(C)(C)C)ccnc2C(C)C)c1OCc1ccccc1. The number of nitrogens with zero attached hydrogens (tertiary/aromatic N) is 6. The number of pyridine rings is 2. The topological polar surface area (TPSA) is 130 Å². The highest BCUT2D eigenvalue weighted by Crippen LogP contribution is 2.42. The van der Waals surface area contributed by atoms with Crippen LogP contribution in [0.5, 0.6) is 11.5 Å². The number of hydrogen-bond donors (Lipinski definition) is 0. The van der Waals surface area contributed by atoms with Gasteiger partial charge in [-0.15, -0.1) is 0 Å². The van der Waals surface area contributed by atoms with E-state index in [0.717, 1.165) is 11.1 Å². The van der Waals surface area contributed by atoms with Crippen molar-refractivity contribution in [3.63, 3.8) is 0 Å². The lowest BCUT2D eigenvalue weighted by molar-refractivity contribution is 0.0130. The monoisotopic (exact) mass is 910 g/mol. The van der Waals surface area contributed by atoms with Crippen LogP contribution >= 0.6 is 0 Å². The van der Waals surface area contributed by atoms with Crippen LogP contribution in [0.1, 0.15) is 98.4 Å². The van der Waals surface area contributed by atoms with Gasteiger partial charge in [-0.05, 0) is 107 Å². The number of ether oxygens (including phenoxy) is 4. The van der Waals surface area contributed by atoms with Crippen LogP contribution in [-0.4, -0.2) is 90.1 Å². The molecule has 1 aliphatic heterocycles. The van der Waals surface area contributed by atoms with Gasteiger partial charge in [0.25, 0.3) is 0 Å². The summed E-state index contributed by atoms with van der Waals surface area (Å²) in [5.74, 6) is 0.0840. The number of benzene rings is 2. The summed E-state index contributed by atoms with van der Waals surface area (Å²) in [5, 5.41) is 0.372. The zero-order valence-corrected chi connectivity index (χ0v) is 41.5. The number of carbonyl (C=O) groups is 1. The van der Waals surface area contributed by atoms with Crippen LogP contribution in [0.2, 0.25) is 18.1 Å². The molecule has 4 heterocycles. The summed E-state index contributed by atoms with van der Waals surface area (Å²) in [6, 6.07) is 17.5. The third-order valence-electron chi connectivity index (χ3n) is 12.1. The van der Waals surface area contributed by atoms with Crippen LogP contribution in [0.3, 0.4) is 0 Å². The summed E-state index contributed by atoms with van der Waals surface area (Å²) in [4.78, 5) is 46.8. The van der Waals surface area contributed by atoms with Crippen molar-refractivity contribution < 1.29 is 32.6 Å². The normalized spacial score (nSPS) is 16.0. The van der Waals surface area contributed by atoms with Gasteiger partial charge in [0, 0.05) is 50.7 Å². The molecule has 1 aliphatic rings. The number of hydrogen-bond acceptors (Lipinski definition) is 11. The van der Waals surface area contributed by atoms with Crippen molar-refractivity contribution in [2.24, 2.45) is 0 Å². The standard InChI is InChI=1S/C50H67FN6O7Si/c1-32(2)41-43(36(24-25-52-41)21-18-26-63-65(12,13)50(8,9)10)57-46-38(45(54-47(57)58)55-28-34(4)56(29-33(55)3)48(59)64-49(5,6)7)27-39(51)42(53-46)37-22-17-23-40(62-31-60-11)44(37)61-30-35-19-15-14-16-20-35/h14-17,19-20,22-25,27,32-34H,18,21,26,28-31H2,1-13H3/t33-,34+/m0/s1. The van der Waals surface area contributed by atoms with E-state index in [2.05, 4.69) is 33.9 Å². The van der Waals surface area contributed by atoms with Crippen molar-refractivity contribution in [1.82, 2.24) is 24.4 Å². The first-order chi connectivity index (χ1) is 30.6. The Balaban J connectivity index is 1.57. The van der Waals surface area contributed by atoms with Crippen molar-refractivity contribution in [3.8, 4) is 28.4 Å². The van der Waals surface area contributed by atoms with Gasteiger partial charge in [0.15, 0.2) is 38.1 Å². The van der Waals surface area contributed by atoms with Gasteiger partial charge >= 0.3 is 11.8 Å². The minimum absolute atomic E-state index is 0.0517. The number of piperazine rings is 1. The van der Waals surface area contributed by atoms with Crippen molar-refractivity contribution in [3.05, 3.63) is 100.0 Å². The lowest BCUT2D eigenvalue weighted by Gasteiger charge is -2.44. The van der Waals surface area contributed by atoms with Gasteiger partial charge in [0.1, 0.15) is 23.7 Å². The van der Waals surface area contributed by atoms with E-state index in [-0.39, 0.29) is 65.9 Å². The second kappa shape index (κ2) is 20.0. The number of carbonyl (C=O) groups excluding carboxylic acids is 1.